The Hall–Kier alpha value is -1.33. The van der Waals surface area contributed by atoms with Crippen molar-refractivity contribution in [3.05, 3.63) is 23.7 Å². The number of hydrogen-bond donors (Lipinski definition) is 1. The third-order valence-corrected chi connectivity index (χ3v) is 3.93. The van der Waals surface area contributed by atoms with Gasteiger partial charge >= 0.3 is 0 Å². The van der Waals surface area contributed by atoms with Crippen LogP contribution in [-0.4, -0.2) is 53.6 Å². The van der Waals surface area contributed by atoms with E-state index in [4.69, 9.17) is 9.52 Å². The van der Waals surface area contributed by atoms with E-state index >= 15 is 0 Å². The molecule has 112 valence electrons. The molecule has 1 aliphatic rings. The molecule has 1 amide bonds. The first kappa shape index (κ1) is 15.1. The summed E-state index contributed by atoms with van der Waals surface area (Å²) in [6, 6.07) is 4.27. The van der Waals surface area contributed by atoms with E-state index in [1.165, 1.54) is 6.42 Å². The molecule has 0 atom stereocenters. The third-order valence-electron chi connectivity index (χ3n) is 3.93. The van der Waals surface area contributed by atoms with Crippen LogP contribution < -0.4 is 0 Å². The zero-order valence-corrected chi connectivity index (χ0v) is 12.3. The lowest BCUT2D eigenvalue weighted by molar-refractivity contribution is -0.133. The maximum absolute atomic E-state index is 12.2. The van der Waals surface area contributed by atoms with Gasteiger partial charge in [-0.15, -0.1) is 0 Å². The van der Waals surface area contributed by atoms with E-state index in [1.54, 1.807) is 11.9 Å². The second-order valence-corrected chi connectivity index (χ2v) is 5.54. The first-order valence-corrected chi connectivity index (χ1v) is 7.24. The SMILES string of the molecule is Cc1ccc(CN(C)C(=O)CN(CCO)C2CCC2)o1. The molecule has 0 unspecified atom stereocenters. The molecular formula is C15H24N2O3. The quantitative estimate of drug-likeness (QED) is 0.820. The predicted molar refractivity (Wildman–Crippen MR) is 76.2 cm³/mol. The maximum atomic E-state index is 12.2. The Morgan fingerprint density at radius 1 is 1.45 bits per heavy atom. The summed E-state index contributed by atoms with van der Waals surface area (Å²) in [5.41, 5.74) is 0. The van der Waals surface area contributed by atoms with Gasteiger partial charge in [0, 0.05) is 19.6 Å². The topological polar surface area (TPSA) is 56.9 Å². The Balaban J connectivity index is 1.85. The van der Waals surface area contributed by atoms with Crippen molar-refractivity contribution in [2.24, 2.45) is 0 Å². The molecule has 0 aromatic carbocycles. The summed E-state index contributed by atoms with van der Waals surface area (Å²) in [7, 11) is 1.79. The lowest BCUT2D eigenvalue weighted by Gasteiger charge is -2.37. The average Bonchev–Trinajstić information content (AvgIpc) is 2.72. The van der Waals surface area contributed by atoms with Gasteiger partial charge in [0.25, 0.3) is 0 Å². The second kappa shape index (κ2) is 6.90. The molecule has 1 aromatic heterocycles. The van der Waals surface area contributed by atoms with Crippen molar-refractivity contribution < 1.29 is 14.3 Å². The summed E-state index contributed by atoms with van der Waals surface area (Å²) in [6.45, 7) is 3.44. The van der Waals surface area contributed by atoms with Crippen LogP contribution in [0.3, 0.4) is 0 Å². The molecule has 5 nitrogen and oxygen atoms in total. The van der Waals surface area contributed by atoms with Gasteiger partial charge in [-0.1, -0.05) is 6.42 Å². The molecule has 1 N–H and O–H groups in total. The monoisotopic (exact) mass is 280 g/mol. The highest BCUT2D eigenvalue weighted by Gasteiger charge is 2.27. The Labute approximate surface area is 120 Å². The lowest BCUT2D eigenvalue weighted by Crippen LogP contribution is -2.47. The molecule has 1 fully saturated rings. The van der Waals surface area contributed by atoms with Gasteiger partial charge in [-0.05, 0) is 31.9 Å². The molecule has 0 aliphatic heterocycles. The Kier molecular flexibility index (Phi) is 5.20. The number of aliphatic hydroxyl groups is 1. The fourth-order valence-electron chi connectivity index (χ4n) is 2.46. The summed E-state index contributed by atoms with van der Waals surface area (Å²) >= 11 is 0. The van der Waals surface area contributed by atoms with Crippen molar-refractivity contribution in [2.75, 3.05) is 26.7 Å². The first-order valence-electron chi connectivity index (χ1n) is 7.24. The summed E-state index contributed by atoms with van der Waals surface area (Å²) in [6.07, 6.45) is 3.49. The van der Waals surface area contributed by atoms with Gasteiger partial charge in [0.2, 0.25) is 5.91 Å². The fraction of sp³-hybridized carbons (Fsp3) is 0.667. The van der Waals surface area contributed by atoms with Crippen molar-refractivity contribution in [1.29, 1.82) is 0 Å². The molecule has 5 heteroatoms. The van der Waals surface area contributed by atoms with E-state index in [-0.39, 0.29) is 12.5 Å². The second-order valence-electron chi connectivity index (χ2n) is 5.54. The van der Waals surface area contributed by atoms with Gasteiger partial charge in [-0.25, -0.2) is 0 Å². The van der Waals surface area contributed by atoms with Crippen molar-refractivity contribution in [1.82, 2.24) is 9.80 Å². The Morgan fingerprint density at radius 3 is 2.70 bits per heavy atom. The number of amides is 1. The number of furan rings is 1. The molecule has 0 spiro atoms. The van der Waals surface area contributed by atoms with Crippen LogP contribution in [0.15, 0.2) is 16.5 Å². The molecule has 0 bridgehead atoms. The number of carbonyl (C=O) groups excluding carboxylic acids is 1. The number of hydrogen-bond acceptors (Lipinski definition) is 4. The molecule has 1 aromatic rings. The van der Waals surface area contributed by atoms with Crippen LogP contribution in [0, 0.1) is 6.92 Å². The zero-order chi connectivity index (χ0) is 14.5. The van der Waals surface area contributed by atoms with Crippen LogP contribution in [0.25, 0.3) is 0 Å². The van der Waals surface area contributed by atoms with Crippen molar-refractivity contribution in [3.8, 4) is 0 Å². The molecule has 2 rings (SSSR count). The molecule has 0 radical (unpaired) electrons. The highest BCUT2D eigenvalue weighted by molar-refractivity contribution is 5.78. The number of aliphatic hydroxyl groups excluding tert-OH is 1. The Bertz CT molecular complexity index is 440. The number of carbonyl (C=O) groups is 1. The van der Waals surface area contributed by atoms with Gasteiger partial charge in [0.1, 0.15) is 11.5 Å². The van der Waals surface area contributed by atoms with E-state index in [0.717, 1.165) is 24.4 Å². The molecule has 1 heterocycles. The summed E-state index contributed by atoms with van der Waals surface area (Å²) in [5, 5.41) is 9.11. The van der Waals surface area contributed by atoms with E-state index in [9.17, 15) is 4.79 Å². The Morgan fingerprint density at radius 2 is 2.20 bits per heavy atom. The van der Waals surface area contributed by atoms with Crippen LogP contribution in [-0.2, 0) is 11.3 Å². The lowest BCUT2D eigenvalue weighted by atomic mass is 9.91. The van der Waals surface area contributed by atoms with Gasteiger partial charge in [0.15, 0.2) is 0 Å². The van der Waals surface area contributed by atoms with Crippen molar-refractivity contribution in [2.45, 2.75) is 38.8 Å². The minimum atomic E-state index is 0.0689. The van der Waals surface area contributed by atoms with E-state index in [2.05, 4.69) is 4.90 Å². The minimum absolute atomic E-state index is 0.0689. The van der Waals surface area contributed by atoms with Crippen LogP contribution in [0.2, 0.25) is 0 Å². The number of rotatable bonds is 7. The van der Waals surface area contributed by atoms with Crippen LogP contribution in [0.4, 0.5) is 0 Å². The smallest absolute Gasteiger partial charge is 0.236 e. The number of aryl methyl sites for hydroxylation is 1. The minimum Gasteiger partial charge on any atom is -0.464 e. The molecule has 0 saturated heterocycles. The fourth-order valence-corrected chi connectivity index (χ4v) is 2.46. The zero-order valence-electron chi connectivity index (χ0n) is 12.3. The summed E-state index contributed by atoms with van der Waals surface area (Å²) in [5.74, 6) is 1.73. The predicted octanol–water partition coefficient (Wildman–Crippen LogP) is 1.39. The van der Waals surface area contributed by atoms with Crippen molar-refractivity contribution >= 4 is 5.91 Å². The van der Waals surface area contributed by atoms with Crippen LogP contribution in [0.5, 0.6) is 0 Å². The molecular weight excluding hydrogens is 256 g/mol. The molecule has 1 saturated carbocycles. The van der Waals surface area contributed by atoms with E-state index in [1.807, 2.05) is 19.1 Å². The highest BCUT2D eigenvalue weighted by atomic mass is 16.3. The van der Waals surface area contributed by atoms with Gasteiger partial charge < -0.3 is 14.4 Å². The molecule has 20 heavy (non-hydrogen) atoms. The van der Waals surface area contributed by atoms with Crippen LogP contribution in [0.1, 0.15) is 30.8 Å². The number of likely N-dealkylation sites (N-methyl/N-ethyl adjacent to an activating group) is 1. The highest BCUT2D eigenvalue weighted by Crippen LogP contribution is 2.24. The largest absolute Gasteiger partial charge is 0.464 e. The normalized spacial score (nSPS) is 15.4. The summed E-state index contributed by atoms with van der Waals surface area (Å²) < 4.78 is 5.49. The van der Waals surface area contributed by atoms with E-state index in [0.29, 0.717) is 25.7 Å². The first-order chi connectivity index (χ1) is 9.60. The van der Waals surface area contributed by atoms with E-state index < -0.39 is 0 Å². The number of nitrogens with zero attached hydrogens (tertiary/aromatic N) is 2. The van der Waals surface area contributed by atoms with Crippen molar-refractivity contribution in [3.63, 3.8) is 0 Å². The van der Waals surface area contributed by atoms with Gasteiger partial charge in [0.05, 0.1) is 19.7 Å². The standard InChI is InChI=1S/C15H24N2O3/c1-12-6-7-14(20-12)10-16(2)15(19)11-17(8-9-18)13-4-3-5-13/h6-7,13,18H,3-5,8-11H2,1-2H3. The van der Waals surface area contributed by atoms with Gasteiger partial charge in [-0.3, -0.25) is 9.69 Å². The summed E-state index contributed by atoms with van der Waals surface area (Å²) in [4.78, 5) is 16.0. The average molecular weight is 280 g/mol. The van der Waals surface area contributed by atoms with Crippen LogP contribution >= 0.6 is 0 Å². The third kappa shape index (κ3) is 3.84. The van der Waals surface area contributed by atoms with Gasteiger partial charge in [-0.2, -0.15) is 0 Å². The molecule has 1 aliphatic carbocycles. The maximum Gasteiger partial charge on any atom is 0.236 e.